The van der Waals surface area contributed by atoms with Crippen LogP contribution in [-0.4, -0.2) is 19.5 Å². The van der Waals surface area contributed by atoms with Gasteiger partial charge in [-0.05, 0) is 50.4 Å². The summed E-state index contributed by atoms with van der Waals surface area (Å²) >= 11 is 0. The molecule has 0 radical (unpaired) electrons. The van der Waals surface area contributed by atoms with Crippen LogP contribution in [0.1, 0.15) is 51.9 Å². The van der Waals surface area contributed by atoms with Gasteiger partial charge in [0.15, 0.2) is 6.29 Å². The Bertz CT molecular complexity index is 231. The van der Waals surface area contributed by atoms with Crippen LogP contribution < -0.4 is 0 Å². The van der Waals surface area contributed by atoms with E-state index in [-0.39, 0.29) is 6.29 Å². The zero-order valence-electron chi connectivity index (χ0n) is 11.1. The van der Waals surface area contributed by atoms with E-state index < -0.39 is 0 Å². The third-order valence-electron chi connectivity index (χ3n) is 3.95. The van der Waals surface area contributed by atoms with Crippen molar-refractivity contribution in [3.05, 3.63) is 12.2 Å². The number of hydrogen-bond acceptors (Lipinski definition) is 2. The zero-order chi connectivity index (χ0) is 11.9. The van der Waals surface area contributed by atoms with E-state index in [0.29, 0.717) is 0 Å². The first-order valence-corrected chi connectivity index (χ1v) is 7.30. The van der Waals surface area contributed by atoms with E-state index in [1.807, 2.05) is 0 Å². The minimum absolute atomic E-state index is 0.0876. The van der Waals surface area contributed by atoms with Crippen LogP contribution in [0.2, 0.25) is 0 Å². The zero-order valence-corrected chi connectivity index (χ0v) is 11.1. The average Bonchev–Trinajstić information content (AvgIpc) is 2.35. The minimum atomic E-state index is 0.0876. The van der Waals surface area contributed by atoms with Gasteiger partial charge in [0, 0.05) is 6.61 Å². The minimum Gasteiger partial charge on any atom is -0.353 e. The summed E-state index contributed by atoms with van der Waals surface area (Å²) in [6, 6.07) is 0. The Morgan fingerprint density at radius 1 is 1.24 bits per heavy atom. The van der Waals surface area contributed by atoms with Crippen molar-refractivity contribution >= 4 is 0 Å². The molecular formula is C15H26O2. The highest BCUT2D eigenvalue weighted by Gasteiger charge is 2.29. The summed E-state index contributed by atoms with van der Waals surface area (Å²) in [6.07, 6.45) is 13.5. The highest BCUT2D eigenvalue weighted by molar-refractivity contribution is 4.97. The van der Waals surface area contributed by atoms with Crippen LogP contribution in [0.5, 0.6) is 0 Å². The van der Waals surface area contributed by atoms with E-state index in [1.165, 1.54) is 38.5 Å². The van der Waals surface area contributed by atoms with Gasteiger partial charge in [-0.1, -0.05) is 25.5 Å². The summed E-state index contributed by atoms with van der Waals surface area (Å²) in [5, 5.41) is 0. The molecule has 1 heterocycles. The molecule has 0 bridgehead atoms. The highest BCUT2D eigenvalue weighted by atomic mass is 16.7. The first kappa shape index (κ1) is 13.1. The van der Waals surface area contributed by atoms with Crippen molar-refractivity contribution in [1.82, 2.24) is 0 Å². The largest absolute Gasteiger partial charge is 0.353 e. The quantitative estimate of drug-likeness (QED) is 0.653. The van der Waals surface area contributed by atoms with Gasteiger partial charge in [-0.3, -0.25) is 0 Å². The smallest absolute Gasteiger partial charge is 0.157 e. The molecule has 2 fully saturated rings. The van der Waals surface area contributed by atoms with Gasteiger partial charge in [-0.2, -0.15) is 0 Å². The summed E-state index contributed by atoms with van der Waals surface area (Å²) in [5.41, 5.74) is 0. The van der Waals surface area contributed by atoms with Gasteiger partial charge in [0.2, 0.25) is 0 Å². The lowest BCUT2D eigenvalue weighted by atomic mass is 9.74. The molecule has 1 saturated carbocycles. The average molecular weight is 238 g/mol. The normalized spacial score (nSPS) is 33.8. The van der Waals surface area contributed by atoms with E-state index in [9.17, 15) is 0 Å². The van der Waals surface area contributed by atoms with E-state index in [1.54, 1.807) is 0 Å². The molecule has 0 amide bonds. The molecule has 1 aliphatic heterocycles. The Morgan fingerprint density at radius 3 is 2.82 bits per heavy atom. The number of ether oxygens (including phenoxy) is 2. The van der Waals surface area contributed by atoms with Crippen LogP contribution in [0.15, 0.2) is 12.2 Å². The number of unbranched alkanes of at least 4 members (excludes halogenated alkanes) is 1. The van der Waals surface area contributed by atoms with Crippen LogP contribution in [0, 0.1) is 11.8 Å². The number of rotatable bonds is 6. The van der Waals surface area contributed by atoms with Crippen molar-refractivity contribution in [3.63, 3.8) is 0 Å². The molecule has 0 spiro atoms. The van der Waals surface area contributed by atoms with Crippen LogP contribution in [-0.2, 0) is 9.47 Å². The molecule has 17 heavy (non-hydrogen) atoms. The van der Waals surface area contributed by atoms with Crippen molar-refractivity contribution in [2.24, 2.45) is 11.8 Å². The van der Waals surface area contributed by atoms with Crippen LogP contribution in [0.25, 0.3) is 0 Å². The lowest BCUT2D eigenvalue weighted by Crippen LogP contribution is -2.32. The highest BCUT2D eigenvalue weighted by Crippen LogP contribution is 2.36. The van der Waals surface area contributed by atoms with Gasteiger partial charge < -0.3 is 9.47 Å². The molecule has 1 unspecified atom stereocenters. The molecule has 0 N–H and O–H groups in total. The summed E-state index contributed by atoms with van der Waals surface area (Å²) in [4.78, 5) is 0. The summed E-state index contributed by atoms with van der Waals surface area (Å²) in [7, 11) is 0. The van der Waals surface area contributed by atoms with Crippen LogP contribution in [0.3, 0.4) is 0 Å². The maximum Gasteiger partial charge on any atom is 0.157 e. The summed E-state index contributed by atoms with van der Waals surface area (Å²) in [6.45, 7) is 4.01. The first-order chi connectivity index (χ1) is 8.40. The van der Waals surface area contributed by atoms with Gasteiger partial charge >= 0.3 is 0 Å². The molecule has 0 aromatic carbocycles. The van der Waals surface area contributed by atoms with Gasteiger partial charge in [0.25, 0.3) is 0 Å². The molecule has 1 aliphatic carbocycles. The molecule has 98 valence electrons. The van der Waals surface area contributed by atoms with Crippen molar-refractivity contribution in [2.45, 2.75) is 58.2 Å². The molecule has 0 aromatic rings. The molecule has 1 saturated heterocycles. The van der Waals surface area contributed by atoms with E-state index in [2.05, 4.69) is 19.1 Å². The second-order valence-corrected chi connectivity index (χ2v) is 5.35. The Kier molecular flexibility index (Phi) is 5.53. The molecule has 0 aromatic heterocycles. The SMILES string of the molecule is CCC/C=C/[C@@H]1CC[C@H]1COC1CCCCO1. The molecular weight excluding hydrogens is 212 g/mol. The fourth-order valence-electron chi connectivity index (χ4n) is 2.57. The van der Waals surface area contributed by atoms with Crippen molar-refractivity contribution in [2.75, 3.05) is 13.2 Å². The van der Waals surface area contributed by atoms with Crippen LogP contribution >= 0.6 is 0 Å². The van der Waals surface area contributed by atoms with Gasteiger partial charge in [-0.15, -0.1) is 0 Å². The third-order valence-corrected chi connectivity index (χ3v) is 3.95. The van der Waals surface area contributed by atoms with Crippen LogP contribution in [0.4, 0.5) is 0 Å². The fraction of sp³-hybridized carbons (Fsp3) is 0.867. The lowest BCUT2D eigenvalue weighted by Gasteiger charge is -2.36. The topological polar surface area (TPSA) is 18.5 Å². The molecule has 2 rings (SSSR count). The van der Waals surface area contributed by atoms with Gasteiger partial charge in [-0.25, -0.2) is 0 Å². The number of hydrogen-bond donors (Lipinski definition) is 0. The second kappa shape index (κ2) is 7.17. The van der Waals surface area contributed by atoms with E-state index >= 15 is 0 Å². The summed E-state index contributed by atoms with van der Waals surface area (Å²) in [5.74, 6) is 1.51. The van der Waals surface area contributed by atoms with Gasteiger partial charge in [0.1, 0.15) is 0 Å². The molecule has 2 aliphatic rings. The first-order valence-electron chi connectivity index (χ1n) is 7.30. The predicted octanol–water partition coefficient (Wildman–Crippen LogP) is 3.91. The van der Waals surface area contributed by atoms with Crippen molar-refractivity contribution < 1.29 is 9.47 Å². The van der Waals surface area contributed by atoms with Crippen molar-refractivity contribution in [1.29, 1.82) is 0 Å². The Labute approximate surface area is 105 Å². The van der Waals surface area contributed by atoms with E-state index in [0.717, 1.165) is 31.5 Å². The summed E-state index contributed by atoms with van der Waals surface area (Å²) < 4.78 is 11.5. The standard InChI is InChI=1S/C15H26O2/c1-2-3-4-7-13-9-10-14(13)12-17-15-8-5-6-11-16-15/h4,7,13-15H,2-3,5-6,8-12H2,1H3/b7-4+/t13-,14+,15?/m1/s1. The monoisotopic (exact) mass is 238 g/mol. The number of allylic oxidation sites excluding steroid dienone is 2. The van der Waals surface area contributed by atoms with Gasteiger partial charge in [0.05, 0.1) is 6.61 Å². The third kappa shape index (κ3) is 4.11. The fourth-order valence-corrected chi connectivity index (χ4v) is 2.57. The molecule has 3 atom stereocenters. The maximum atomic E-state index is 5.87. The molecule has 2 nitrogen and oxygen atoms in total. The van der Waals surface area contributed by atoms with Crippen molar-refractivity contribution in [3.8, 4) is 0 Å². The van der Waals surface area contributed by atoms with E-state index in [4.69, 9.17) is 9.47 Å². The second-order valence-electron chi connectivity index (χ2n) is 5.35. The Morgan fingerprint density at radius 2 is 2.18 bits per heavy atom. The molecule has 2 heteroatoms. The maximum absolute atomic E-state index is 5.87. The Hall–Kier alpha value is -0.340. The Balaban J connectivity index is 1.62. The predicted molar refractivity (Wildman–Crippen MR) is 69.8 cm³/mol. The lowest BCUT2D eigenvalue weighted by molar-refractivity contribution is -0.175.